The van der Waals surface area contributed by atoms with Crippen LogP contribution in [0.4, 0.5) is 0 Å². The van der Waals surface area contributed by atoms with Crippen molar-refractivity contribution in [3.05, 3.63) is 120 Å². The molecule has 1 fully saturated rings. The Morgan fingerprint density at radius 3 is 2.35 bits per heavy atom. The molecule has 0 aromatic heterocycles. The second-order valence-corrected chi connectivity index (χ2v) is 12.4. The van der Waals surface area contributed by atoms with Gasteiger partial charge in [0, 0.05) is 30.3 Å². The van der Waals surface area contributed by atoms with E-state index in [4.69, 9.17) is 0 Å². The predicted molar refractivity (Wildman–Crippen MR) is 169 cm³/mol. The topological polar surface area (TPSA) is 15.6 Å². The van der Waals surface area contributed by atoms with Crippen molar-refractivity contribution in [2.75, 3.05) is 6.54 Å². The summed E-state index contributed by atoms with van der Waals surface area (Å²) in [6.07, 6.45) is 7.56. The molecule has 1 saturated heterocycles. The van der Waals surface area contributed by atoms with Crippen LogP contribution >= 0.6 is 0 Å². The zero-order valence-corrected chi connectivity index (χ0v) is 22.9. The fraction of sp³-hybridized carbons (Fsp3) is 0.184. The zero-order chi connectivity index (χ0) is 26.6. The largest absolute Gasteiger partial charge is 0.355 e. The number of aliphatic imine (C=N–C) groups is 1. The van der Waals surface area contributed by atoms with Crippen molar-refractivity contribution >= 4 is 38.5 Å². The van der Waals surface area contributed by atoms with Gasteiger partial charge in [-0.1, -0.05) is 92.7 Å². The SMILES string of the molecule is CC1(C)c2cc(-c3ccc(C4CC5N=CC=CN5C4)cc3)ccc2-c2c1cc1ccc3cccc4ccc2c1c34. The lowest BCUT2D eigenvalue weighted by Crippen LogP contribution is -2.24. The molecule has 3 aliphatic rings. The van der Waals surface area contributed by atoms with Crippen molar-refractivity contribution in [1.29, 1.82) is 0 Å². The lowest BCUT2D eigenvalue weighted by atomic mass is 9.80. The number of rotatable bonds is 2. The van der Waals surface area contributed by atoms with Crippen LogP contribution in [-0.4, -0.2) is 23.8 Å². The van der Waals surface area contributed by atoms with Gasteiger partial charge in [-0.25, -0.2) is 0 Å². The predicted octanol–water partition coefficient (Wildman–Crippen LogP) is 9.27. The molecule has 9 rings (SSSR count). The Bertz CT molecular complexity index is 2010. The molecule has 192 valence electrons. The first-order chi connectivity index (χ1) is 19.6. The standard InChI is InChI=1S/C38H30N2/c1-38(2)32-19-27(23-7-9-24(10-8-23)29-21-34-39-17-4-18-40(34)22-29)14-15-30(32)37-31-16-13-26-6-3-5-25-11-12-28(20-33(37)38)36(31)35(25)26/h3-20,29,34H,21-22H2,1-2H3. The number of fused-ring (bicyclic) bond motifs is 5. The van der Waals surface area contributed by atoms with Gasteiger partial charge >= 0.3 is 0 Å². The molecule has 1 aliphatic carbocycles. The average molecular weight is 515 g/mol. The first-order valence-corrected chi connectivity index (χ1v) is 14.5. The lowest BCUT2D eigenvalue weighted by molar-refractivity contribution is 0.356. The van der Waals surface area contributed by atoms with E-state index in [0.717, 1.165) is 13.0 Å². The Morgan fingerprint density at radius 1 is 0.750 bits per heavy atom. The third kappa shape index (κ3) is 2.97. The molecule has 0 N–H and O–H groups in total. The molecule has 6 aromatic carbocycles. The van der Waals surface area contributed by atoms with Gasteiger partial charge < -0.3 is 4.90 Å². The van der Waals surface area contributed by atoms with Crippen LogP contribution in [0.15, 0.2) is 108 Å². The third-order valence-corrected chi connectivity index (χ3v) is 9.93. The highest BCUT2D eigenvalue weighted by molar-refractivity contribution is 6.26. The highest BCUT2D eigenvalue weighted by atomic mass is 15.3. The van der Waals surface area contributed by atoms with Crippen LogP contribution in [0.25, 0.3) is 54.6 Å². The summed E-state index contributed by atoms with van der Waals surface area (Å²) in [5, 5.41) is 8.17. The highest BCUT2D eigenvalue weighted by Gasteiger charge is 2.37. The van der Waals surface area contributed by atoms with Gasteiger partial charge in [-0.15, -0.1) is 0 Å². The molecule has 2 nitrogen and oxygen atoms in total. The van der Waals surface area contributed by atoms with Crippen molar-refractivity contribution in [2.45, 2.75) is 37.8 Å². The molecular weight excluding hydrogens is 484 g/mol. The van der Waals surface area contributed by atoms with E-state index in [1.807, 2.05) is 12.3 Å². The van der Waals surface area contributed by atoms with Crippen molar-refractivity contribution in [1.82, 2.24) is 4.90 Å². The smallest absolute Gasteiger partial charge is 0.121 e. The zero-order valence-electron chi connectivity index (χ0n) is 22.9. The molecule has 2 atom stereocenters. The van der Waals surface area contributed by atoms with Crippen molar-refractivity contribution in [3.8, 4) is 22.3 Å². The number of hydrogen-bond acceptors (Lipinski definition) is 2. The Labute approximate surface area is 234 Å². The van der Waals surface area contributed by atoms with E-state index in [1.165, 1.54) is 71.3 Å². The van der Waals surface area contributed by atoms with E-state index in [9.17, 15) is 0 Å². The fourth-order valence-corrected chi connectivity index (χ4v) is 7.83. The van der Waals surface area contributed by atoms with Crippen molar-refractivity contribution in [2.24, 2.45) is 4.99 Å². The highest BCUT2D eigenvalue weighted by Crippen LogP contribution is 2.54. The summed E-state index contributed by atoms with van der Waals surface area (Å²) in [5.74, 6) is 0.531. The van der Waals surface area contributed by atoms with Gasteiger partial charge in [0.25, 0.3) is 0 Å². The van der Waals surface area contributed by atoms with Crippen LogP contribution in [0, 0.1) is 0 Å². The minimum absolute atomic E-state index is 0.0618. The summed E-state index contributed by atoms with van der Waals surface area (Å²) in [4.78, 5) is 7.02. The van der Waals surface area contributed by atoms with Gasteiger partial charge in [0.1, 0.15) is 6.17 Å². The number of nitrogens with zero attached hydrogens (tertiary/aromatic N) is 2. The lowest BCUT2D eigenvalue weighted by Gasteiger charge is -2.23. The molecule has 2 aliphatic heterocycles. The van der Waals surface area contributed by atoms with E-state index in [1.54, 1.807) is 0 Å². The molecule has 40 heavy (non-hydrogen) atoms. The fourth-order valence-electron chi connectivity index (χ4n) is 7.83. The molecule has 2 unspecified atom stereocenters. The second-order valence-electron chi connectivity index (χ2n) is 12.4. The van der Waals surface area contributed by atoms with Crippen LogP contribution in [-0.2, 0) is 5.41 Å². The van der Waals surface area contributed by atoms with Gasteiger partial charge in [0.05, 0.1) is 0 Å². The Kier molecular flexibility index (Phi) is 4.38. The van der Waals surface area contributed by atoms with Gasteiger partial charge in [-0.3, -0.25) is 4.99 Å². The van der Waals surface area contributed by atoms with Crippen LogP contribution in [0.1, 0.15) is 42.9 Å². The van der Waals surface area contributed by atoms with Crippen LogP contribution in [0.2, 0.25) is 0 Å². The van der Waals surface area contributed by atoms with E-state index < -0.39 is 0 Å². The molecule has 0 bridgehead atoms. The maximum Gasteiger partial charge on any atom is 0.121 e. The molecule has 0 radical (unpaired) electrons. The average Bonchev–Trinajstić information content (AvgIpc) is 3.52. The molecule has 0 saturated carbocycles. The monoisotopic (exact) mass is 514 g/mol. The Hall–Kier alpha value is -4.43. The van der Waals surface area contributed by atoms with Crippen LogP contribution in [0.3, 0.4) is 0 Å². The summed E-state index contributed by atoms with van der Waals surface area (Å²) in [6, 6.07) is 34.8. The summed E-state index contributed by atoms with van der Waals surface area (Å²) in [5.41, 5.74) is 9.61. The molecule has 6 aromatic rings. The maximum absolute atomic E-state index is 4.65. The van der Waals surface area contributed by atoms with Crippen LogP contribution < -0.4 is 0 Å². The minimum Gasteiger partial charge on any atom is -0.355 e. The van der Waals surface area contributed by atoms with E-state index in [2.05, 4.69) is 121 Å². The van der Waals surface area contributed by atoms with E-state index >= 15 is 0 Å². The number of hydrogen-bond donors (Lipinski definition) is 0. The summed E-state index contributed by atoms with van der Waals surface area (Å²) in [7, 11) is 0. The third-order valence-electron chi connectivity index (χ3n) is 9.93. The summed E-state index contributed by atoms with van der Waals surface area (Å²) in [6.45, 7) is 5.84. The van der Waals surface area contributed by atoms with Crippen molar-refractivity contribution in [3.63, 3.8) is 0 Å². The Morgan fingerprint density at radius 2 is 1.52 bits per heavy atom. The van der Waals surface area contributed by atoms with E-state index in [-0.39, 0.29) is 5.41 Å². The second kappa shape index (κ2) is 7.82. The van der Waals surface area contributed by atoms with Gasteiger partial charge in [0.15, 0.2) is 0 Å². The first kappa shape index (κ1) is 22.4. The number of allylic oxidation sites excluding steroid dienone is 1. The summed E-state index contributed by atoms with van der Waals surface area (Å²) < 4.78 is 0. The molecule has 2 heterocycles. The normalized spacial score (nSPS) is 20.5. The quantitative estimate of drug-likeness (QED) is 0.210. The molecule has 2 heteroatoms. The number of benzene rings is 6. The molecule has 0 spiro atoms. The van der Waals surface area contributed by atoms with Gasteiger partial charge in [0.2, 0.25) is 0 Å². The first-order valence-electron chi connectivity index (χ1n) is 14.5. The van der Waals surface area contributed by atoms with Gasteiger partial charge in [-0.05, 0) is 95.9 Å². The minimum atomic E-state index is -0.0618. The Balaban J connectivity index is 1.14. The summed E-state index contributed by atoms with van der Waals surface area (Å²) >= 11 is 0. The van der Waals surface area contributed by atoms with Crippen molar-refractivity contribution < 1.29 is 0 Å². The maximum atomic E-state index is 4.65. The molecular formula is C38H30N2. The van der Waals surface area contributed by atoms with E-state index in [0.29, 0.717) is 12.1 Å². The van der Waals surface area contributed by atoms with Crippen LogP contribution in [0.5, 0.6) is 0 Å². The molecule has 0 amide bonds. The van der Waals surface area contributed by atoms with Gasteiger partial charge in [-0.2, -0.15) is 0 Å².